The van der Waals surface area contributed by atoms with Crippen molar-refractivity contribution < 1.29 is 9.53 Å². The van der Waals surface area contributed by atoms with Crippen LogP contribution in [0, 0.1) is 17.2 Å². The first-order chi connectivity index (χ1) is 14.7. The number of esters is 1. The minimum atomic E-state index is -0.223. The second-order valence-electron chi connectivity index (χ2n) is 8.60. The highest BCUT2D eigenvalue weighted by Gasteiger charge is 2.22. The molecule has 1 saturated carbocycles. The predicted molar refractivity (Wildman–Crippen MR) is 120 cm³/mol. The number of carbonyl (C=O) groups is 1. The van der Waals surface area contributed by atoms with Crippen LogP contribution in [0.2, 0.25) is 0 Å². The number of ether oxygens (including phenoxy) is 1. The summed E-state index contributed by atoms with van der Waals surface area (Å²) < 4.78 is 5.38. The summed E-state index contributed by atoms with van der Waals surface area (Å²) in [5, 5.41) is 8.83. The smallest absolute Gasteiger partial charge is 0.310 e. The van der Waals surface area contributed by atoms with Gasteiger partial charge in [-0.05, 0) is 66.3 Å². The summed E-state index contributed by atoms with van der Waals surface area (Å²) in [5.74, 6) is 1.38. The molecule has 2 aromatic carbocycles. The van der Waals surface area contributed by atoms with Crippen molar-refractivity contribution >= 4 is 5.97 Å². The fourth-order valence-electron chi connectivity index (χ4n) is 4.43. The van der Waals surface area contributed by atoms with Gasteiger partial charge < -0.3 is 4.74 Å². The minimum Gasteiger partial charge on any atom is -0.461 e. The van der Waals surface area contributed by atoms with Gasteiger partial charge in [0.25, 0.3) is 0 Å². The molecule has 1 fully saturated rings. The zero-order valence-electron chi connectivity index (χ0n) is 18.1. The van der Waals surface area contributed by atoms with Gasteiger partial charge in [-0.25, -0.2) is 0 Å². The number of unbranched alkanes of at least 4 members (excludes halogenated alkanes) is 2. The van der Waals surface area contributed by atoms with E-state index in [-0.39, 0.29) is 12.6 Å². The van der Waals surface area contributed by atoms with Crippen LogP contribution in [0.25, 0.3) is 0 Å². The van der Waals surface area contributed by atoms with E-state index >= 15 is 0 Å². The molecule has 0 bridgehead atoms. The van der Waals surface area contributed by atoms with Crippen LogP contribution in [0.15, 0.2) is 48.5 Å². The molecule has 0 aliphatic heterocycles. The Labute approximate surface area is 181 Å². The average Bonchev–Trinajstić information content (AvgIpc) is 2.79. The van der Waals surface area contributed by atoms with Crippen LogP contribution >= 0.6 is 0 Å². The van der Waals surface area contributed by atoms with Crippen LogP contribution in [-0.4, -0.2) is 5.97 Å². The Morgan fingerprint density at radius 1 is 0.967 bits per heavy atom. The van der Waals surface area contributed by atoms with Gasteiger partial charge in [-0.3, -0.25) is 4.79 Å². The Morgan fingerprint density at radius 2 is 1.63 bits per heavy atom. The molecule has 0 heterocycles. The monoisotopic (exact) mass is 403 g/mol. The Balaban J connectivity index is 1.42. The first-order valence-corrected chi connectivity index (χ1v) is 11.4. The zero-order chi connectivity index (χ0) is 21.2. The van der Waals surface area contributed by atoms with Gasteiger partial charge in [0, 0.05) is 0 Å². The molecule has 3 rings (SSSR count). The Hall–Kier alpha value is -2.60. The quantitative estimate of drug-likeness (QED) is 0.346. The largest absolute Gasteiger partial charge is 0.461 e. The standard InChI is InChI=1S/C27H33NO2/c1-2-3-4-5-21-10-14-25(15-11-21)26-16-12-22(13-17-26)18-27(29)30-20-24-8-6-23(19-28)7-9-24/h6-9,12-13,16-17,21,25H,2-5,10-11,14-15,18,20H2,1H3. The van der Waals surface area contributed by atoms with E-state index in [0.29, 0.717) is 17.9 Å². The van der Waals surface area contributed by atoms with Crippen molar-refractivity contribution in [1.29, 1.82) is 5.26 Å². The molecular formula is C27H33NO2. The van der Waals surface area contributed by atoms with E-state index < -0.39 is 0 Å². The predicted octanol–water partition coefficient (Wildman–Crippen LogP) is 6.70. The lowest BCUT2D eigenvalue weighted by Gasteiger charge is -2.29. The molecule has 3 nitrogen and oxygen atoms in total. The van der Waals surface area contributed by atoms with Gasteiger partial charge >= 0.3 is 5.97 Å². The molecule has 0 aromatic heterocycles. The SMILES string of the molecule is CCCCCC1CCC(c2ccc(CC(=O)OCc3ccc(C#N)cc3)cc2)CC1. The molecule has 30 heavy (non-hydrogen) atoms. The number of carbonyl (C=O) groups excluding carboxylic acids is 1. The minimum absolute atomic E-state index is 0.223. The van der Waals surface area contributed by atoms with Crippen LogP contribution in [0.4, 0.5) is 0 Å². The average molecular weight is 404 g/mol. The maximum Gasteiger partial charge on any atom is 0.310 e. The molecule has 0 N–H and O–H groups in total. The second kappa shape index (κ2) is 11.6. The number of nitriles is 1. The third-order valence-electron chi connectivity index (χ3n) is 6.35. The number of nitrogens with zero attached hydrogens (tertiary/aromatic N) is 1. The van der Waals surface area contributed by atoms with Crippen LogP contribution in [0.5, 0.6) is 0 Å². The summed E-state index contributed by atoms with van der Waals surface area (Å²) in [6.07, 6.45) is 11.1. The molecule has 2 aromatic rings. The normalized spacial score (nSPS) is 18.5. The fraction of sp³-hybridized carbons (Fsp3) is 0.481. The molecule has 3 heteroatoms. The van der Waals surface area contributed by atoms with E-state index in [1.807, 2.05) is 12.1 Å². The molecule has 1 aliphatic rings. The molecule has 1 aliphatic carbocycles. The van der Waals surface area contributed by atoms with Gasteiger partial charge in [-0.1, -0.05) is 69.0 Å². The molecule has 0 radical (unpaired) electrons. The van der Waals surface area contributed by atoms with E-state index in [1.54, 1.807) is 12.1 Å². The molecule has 0 spiro atoms. The highest BCUT2D eigenvalue weighted by atomic mass is 16.5. The first-order valence-electron chi connectivity index (χ1n) is 11.4. The van der Waals surface area contributed by atoms with Crippen molar-refractivity contribution in [1.82, 2.24) is 0 Å². The first kappa shape index (κ1) is 22.1. The van der Waals surface area contributed by atoms with Crippen molar-refractivity contribution in [2.75, 3.05) is 0 Å². The molecular weight excluding hydrogens is 370 g/mol. The Bertz CT molecular complexity index is 825. The lowest BCUT2D eigenvalue weighted by Crippen LogP contribution is -2.13. The van der Waals surface area contributed by atoms with Crippen molar-refractivity contribution in [3.05, 3.63) is 70.8 Å². The topological polar surface area (TPSA) is 50.1 Å². The van der Waals surface area contributed by atoms with Crippen LogP contribution < -0.4 is 0 Å². The number of benzene rings is 2. The third kappa shape index (κ3) is 6.73. The molecule has 0 amide bonds. The van der Waals surface area contributed by atoms with Gasteiger partial charge in [-0.15, -0.1) is 0 Å². The summed E-state index contributed by atoms with van der Waals surface area (Å²) in [6, 6.07) is 17.7. The van der Waals surface area contributed by atoms with Crippen LogP contribution in [0.3, 0.4) is 0 Å². The number of hydrogen-bond donors (Lipinski definition) is 0. The van der Waals surface area contributed by atoms with Crippen molar-refractivity contribution in [2.24, 2.45) is 5.92 Å². The second-order valence-corrected chi connectivity index (χ2v) is 8.60. The third-order valence-corrected chi connectivity index (χ3v) is 6.35. The van der Waals surface area contributed by atoms with Gasteiger partial charge in [0.1, 0.15) is 6.61 Å². The molecule has 158 valence electrons. The summed E-state index contributed by atoms with van der Waals surface area (Å²) in [7, 11) is 0. The van der Waals surface area contributed by atoms with Crippen LogP contribution in [-0.2, 0) is 22.6 Å². The lowest BCUT2D eigenvalue weighted by atomic mass is 9.77. The summed E-state index contributed by atoms with van der Waals surface area (Å²) in [6.45, 7) is 2.51. The summed E-state index contributed by atoms with van der Waals surface area (Å²) in [4.78, 5) is 12.2. The van der Waals surface area contributed by atoms with Crippen LogP contribution in [0.1, 0.15) is 86.5 Å². The Kier molecular flexibility index (Phi) is 8.51. The van der Waals surface area contributed by atoms with E-state index in [4.69, 9.17) is 10.00 Å². The van der Waals surface area contributed by atoms with E-state index in [0.717, 1.165) is 17.0 Å². The maximum atomic E-state index is 12.2. The highest BCUT2D eigenvalue weighted by molar-refractivity contribution is 5.72. The number of rotatable bonds is 9. The van der Waals surface area contributed by atoms with E-state index in [9.17, 15) is 4.79 Å². The zero-order valence-corrected chi connectivity index (χ0v) is 18.1. The molecule has 0 unspecified atom stereocenters. The van der Waals surface area contributed by atoms with E-state index in [1.165, 1.54) is 56.9 Å². The summed E-state index contributed by atoms with van der Waals surface area (Å²) >= 11 is 0. The van der Waals surface area contributed by atoms with Gasteiger partial charge in [-0.2, -0.15) is 5.26 Å². The van der Waals surface area contributed by atoms with Gasteiger partial charge in [0.05, 0.1) is 18.1 Å². The fourth-order valence-corrected chi connectivity index (χ4v) is 4.43. The van der Waals surface area contributed by atoms with E-state index in [2.05, 4.69) is 37.3 Å². The molecule has 0 saturated heterocycles. The van der Waals surface area contributed by atoms with Gasteiger partial charge in [0.2, 0.25) is 0 Å². The number of hydrogen-bond acceptors (Lipinski definition) is 3. The highest BCUT2D eigenvalue weighted by Crippen LogP contribution is 2.37. The molecule has 0 atom stereocenters. The summed E-state index contributed by atoms with van der Waals surface area (Å²) in [5.41, 5.74) is 3.91. The van der Waals surface area contributed by atoms with Gasteiger partial charge in [0.15, 0.2) is 0 Å². The maximum absolute atomic E-state index is 12.2. The Morgan fingerprint density at radius 3 is 2.27 bits per heavy atom. The van der Waals surface area contributed by atoms with Crippen molar-refractivity contribution in [3.8, 4) is 6.07 Å². The van der Waals surface area contributed by atoms with Crippen molar-refractivity contribution in [3.63, 3.8) is 0 Å². The lowest BCUT2D eigenvalue weighted by molar-refractivity contribution is -0.144. The van der Waals surface area contributed by atoms with Crippen molar-refractivity contribution in [2.45, 2.75) is 77.2 Å².